The Balaban J connectivity index is 1.67. The zero-order valence-electron chi connectivity index (χ0n) is 16.4. The van der Waals surface area contributed by atoms with Gasteiger partial charge in [-0.2, -0.15) is 0 Å². The van der Waals surface area contributed by atoms with Crippen LogP contribution in [-0.4, -0.2) is 62.0 Å². The minimum atomic E-state index is -0.0716. The first-order chi connectivity index (χ1) is 13.1. The van der Waals surface area contributed by atoms with Crippen molar-refractivity contribution in [1.29, 1.82) is 0 Å². The maximum Gasteiger partial charge on any atom is 0.257 e. The van der Waals surface area contributed by atoms with Crippen LogP contribution in [0.1, 0.15) is 48.9 Å². The zero-order chi connectivity index (χ0) is 19.2. The molecule has 2 fully saturated rings. The van der Waals surface area contributed by atoms with Crippen molar-refractivity contribution in [2.75, 3.05) is 40.4 Å². The molecular weight excluding hydrogens is 344 g/mol. The van der Waals surface area contributed by atoms with Gasteiger partial charge in [0.15, 0.2) is 0 Å². The summed E-state index contributed by atoms with van der Waals surface area (Å²) in [7, 11) is 3.14. The number of nitrogens with zero attached hydrogens (tertiary/aromatic N) is 2. The van der Waals surface area contributed by atoms with E-state index >= 15 is 0 Å². The highest BCUT2D eigenvalue weighted by Gasteiger charge is 2.29. The molecular formula is C21H30N2O4. The van der Waals surface area contributed by atoms with Gasteiger partial charge in [0, 0.05) is 32.1 Å². The van der Waals surface area contributed by atoms with Gasteiger partial charge in [0.25, 0.3) is 5.91 Å². The van der Waals surface area contributed by atoms with E-state index in [9.17, 15) is 9.59 Å². The van der Waals surface area contributed by atoms with E-state index in [4.69, 9.17) is 9.47 Å². The SMILES string of the molecule is COc1ccc(OC)c(C(=O)N2CCCN(C(=O)C3CCCCC3)CC2)c1. The predicted octanol–water partition coefficient (Wildman–Crippen LogP) is 2.96. The van der Waals surface area contributed by atoms with Gasteiger partial charge in [-0.15, -0.1) is 0 Å². The molecule has 6 heteroatoms. The number of methoxy groups -OCH3 is 2. The third-order valence-electron chi connectivity index (χ3n) is 5.69. The Labute approximate surface area is 161 Å². The molecule has 6 nitrogen and oxygen atoms in total. The van der Waals surface area contributed by atoms with Gasteiger partial charge in [0.05, 0.1) is 19.8 Å². The molecule has 1 aromatic carbocycles. The fourth-order valence-corrected chi connectivity index (χ4v) is 4.10. The standard InChI is InChI=1S/C21H30N2O4/c1-26-17-9-10-19(27-2)18(15-17)21(25)23-12-6-11-22(13-14-23)20(24)16-7-4-3-5-8-16/h9-10,15-16H,3-8,11-14H2,1-2H3. The van der Waals surface area contributed by atoms with Crippen molar-refractivity contribution >= 4 is 11.8 Å². The monoisotopic (exact) mass is 374 g/mol. The molecule has 0 aromatic heterocycles. The molecule has 1 aromatic rings. The quantitative estimate of drug-likeness (QED) is 0.813. The van der Waals surface area contributed by atoms with E-state index in [0.717, 1.165) is 38.6 Å². The van der Waals surface area contributed by atoms with Crippen molar-refractivity contribution in [2.45, 2.75) is 38.5 Å². The summed E-state index contributed by atoms with van der Waals surface area (Å²) in [6, 6.07) is 5.25. The van der Waals surface area contributed by atoms with Gasteiger partial charge in [0.1, 0.15) is 11.5 Å². The summed E-state index contributed by atoms with van der Waals surface area (Å²) in [4.78, 5) is 29.7. The summed E-state index contributed by atoms with van der Waals surface area (Å²) in [5, 5.41) is 0. The van der Waals surface area contributed by atoms with Gasteiger partial charge >= 0.3 is 0 Å². The van der Waals surface area contributed by atoms with E-state index in [1.165, 1.54) is 6.42 Å². The average Bonchev–Trinajstić information content (AvgIpc) is 2.99. The van der Waals surface area contributed by atoms with Crippen LogP contribution >= 0.6 is 0 Å². The van der Waals surface area contributed by atoms with Crippen LogP contribution in [0.4, 0.5) is 0 Å². The lowest BCUT2D eigenvalue weighted by molar-refractivity contribution is -0.136. The van der Waals surface area contributed by atoms with Crippen molar-refractivity contribution in [3.63, 3.8) is 0 Å². The largest absolute Gasteiger partial charge is 0.497 e. The topological polar surface area (TPSA) is 59.1 Å². The van der Waals surface area contributed by atoms with Crippen LogP contribution < -0.4 is 9.47 Å². The highest BCUT2D eigenvalue weighted by molar-refractivity contribution is 5.97. The molecule has 0 unspecified atom stereocenters. The third kappa shape index (κ3) is 4.54. The lowest BCUT2D eigenvalue weighted by Crippen LogP contribution is -2.40. The summed E-state index contributed by atoms with van der Waals surface area (Å²) in [6.07, 6.45) is 6.39. The molecule has 0 bridgehead atoms. The fraction of sp³-hybridized carbons (Fsp3) is 0.619. The lowest BCUT2D eigenvalue weighted by atomic mass is 9.88. The van der Waals surface area contributed by atoms with Gasteiger partial charge in [-0.3, -0.25) is 9.59 Å². The molecule has 148 valence electrons. The average molecular weight is 374 g/mol. The van der Waals surface area contributed by atoms with Crippen LogP contribution in [0.25, 0.3) is 0 Å². The first kappa shape index (κ1) is 19.5. The van der Waals surface area contributed by atoms with Crippen LogP contribution in [0.15, 0.2) is 18.2 Å². The molecule has 1 saturated carbocycles. The van der Waals surface area contributed by atoms with Crippen LogP contribution in [0.3, 0.4) is 0 Å². The van der Waals surface area contributed by atoms with Gasteiger partial charge in [-0.25, -0.2) is 0 Å². The first-order valence-corrected chi connectivity index (χ1v) is 9.94. The van der Waals surface area contributed by atoms with E-state index in [0.29, 0.717) is 36.7 Å². The Hall–Kier alpha value is -2.24. The smallest absolute Gasteiger partial charge is 0.257 e. The molecule has 0 spiro atoms. The van der Waals surface area contributed by atoms with Crippen molar-refractivity contribution < 1.29 is 19.1 Å². The van der Waals surface area contributed by atoms with E-state index in [1.807, 2.05) is 9.80 Å². The molecule has 1 heterocycles. The molecule has 1 saturated heterocycles. The van der Waals surface area contributed by atoms with Crippen molar-refractivity contribution in [3.8, 4) is 11.5 Å². The number of hydrogen-bond acceptors (Lipinski definition) is 4. The molecule has 0 atom stereocenters. The Morgan fingerprint density at radius 3 is 2.30 bits per heavy atom. The maximum atomic E-state index is 13.1. The number of carbonyl (C=O) groups is 2. The molecule has 2 aliphatic rings. The molecule has 3 rings (SSSR count). The second-order valence-corrected chi connectivity index (χ2v) is 7.37. The minimum absolute atomic E-state index is 0.0716. The van der Waals surface area contributed by atoms with Crippen molar-refractivity contribution in [3.05, 3.63) is 23.8 Å². The molecule has 2 amide bonds. The van der Waals surface area contributed by atoms with E-state index in [2.05, 4.69) is 0 Å². The van der Waals surface area contributed by atoms with Gasteiger partial charge in [-0.05, 0) is 37.5 Å². The Kier molecular flexibility index (Phi) is 6.58. The summed E-state index contributed by atoms with van der Waals surface area (Å²) in [5.41, 5.74) is 0.504. The van der Waals surface area contributed by atoms with Crippen LogP contribution in [-0.2, 0) is 4.79 Å². The van der Waals surface area contributed by atoms with Crippen LogP contribution in [0.5, 0.6) is 11.5 Å². The fourth-order valence-electron chi connectivity index (χ4n) is 4.10. The summed E-state index contributed by atoms with van der Waals surface area (Å²) in [5.74, 6) is 1.56. The third-order valence-corrected chi connectivity index (χ3v) is 5.69. The highest BCUT2D eigenvalue weighted by atomic mass is 16.5. The zero-order valence-corrected chi connectivity index (χ0v) is 16.4. The molecule has 27 heavy (non-hydrogen) atoms. The molecule has 1 aliphatic heterocycles. The van der Waals surface area contributed by atoms with Gasteiger partial charge in [0.2, 0.25) is 5.91 Å². The number of rotatable bonds is 4. The van der Waals surface area contributed by atoms with Crippen LogP contribution in [0.2, 0.25) is 0 Å². The van der Waals surface area contributed by atoms with E-state index in [1.54, 1.807) is 32.4 Å². The number of ether oxygens (including phenoxy) is 2. The maximum absolute atomic E-state index is 13.1. The predicted molar refractivity (Wildman–Crippen MR) is 103 cm³/mol. The van der Waals surface area contributed by atoms with Crippen molar-refractivity contribution in [2.24, 2.45) is 5.92 Å². The number of amides is 2. The van der Waals surface area contributed by atoms with Crippen molar-refractivity contribution in [1.82, 2.24) is 9.80 Å². The minimum Gasteiger partial charge on any atom is -0.497 e. The number of hydrogen-bond donors (Lipinski definition) is 0. The Morgan fingerprint density at radius 2 is 1.59 bits per heavy atom. The summed E-state index contributed by atoms with van der Waals surface area (Å²) < 4.78 is 10.6. The molecule has 1 aliphatic carbocycles. The van der Waals surface area contributed by atoms with E-state index in [-0.39, 0.29) is 17.7 Å². The number of benzene rings is 1. The second kappa shape index (κ2) is 9.11. The highest BCUT2D eigenvalue weighted by Crippen LogP contribution is 2.27. The summed E-state index contributed by atoms with van der Waals surface area (Å²) >= 11 is 0. The summed E-state index contributed by atoms with van der Waals surface area (Å²) in [6.45, 7) is 2.53. The number of carbonyl (C=O) groups excluding carboxylic acids is 2. The van der Waals surface area contributed by atoms with E-state index < -0.39 is 0 Å². The van der Waals surface area contributed by atoms with Gasteiger partial charge in [-0.1, -0.05) is 19.3 Å². The Morgan fingerprint density at radius 1 is 0.889 bits per heavy atom. The molecule has 0 N–H and O–H groups in total. The normalized spacial score (nSPS) is 18.7. The lowest BCUT2D eigenvalue weighted by Gasteiger charge is -2.28. The molecule has 0 radical (unpaired) electrons. The van der Waals surface area contributed by atoms with Crippen LogP contribution in [0, 0.1) is 5.92 Å². The Bertz CT molecular complexity index is 670. The second-order valence-electron chi connectivity index (χ2n) is 7.37. The van der Waals surface area contributed by atoms with Gasteiger partial charge < -0.3 is 19.3 Å². The first-order valence-electron chi connectivity index (χ1n) is 9.94.